The maximum absolute atomic E-state index is 12.5. The van der Waals surface area contributed by atoms with E-state index in [-0.39, 0.29) is 26.5 Å². The lowest BCUT2D eigenvalue weighted by molar-refractivity contribution is -0.665. The van der Waals surface area contributed by atoms with E-state index in [2.05, 4.69) is 5.32 Å². The minimum atomic E-state index is -0.716. The Bertz CT molecular complexity index is 558. The van der Waals surface area contributed by atoms with Crippen LogP contribution in [0.4, 0.5) is 0 Å². The summed E-state index contributed by atoms with van der Waals surface area (Å²) in [7, 11) is 0. The average Bonchev–Trinajstić information content (AvgIpc) is 2.46. The second-order valence-corrected chi connectivity index (χ2v) is 7.20. The summed E-state index contributed by atoms with van der Waals surface area (Å²) >= 11 is 17.8. The molecule has 0 saturated carbocycles. The smallest absolute Gasteiger partial charge is 0.344 e. The van der Waals surface area contributed by atoms with Crippen molar-refractivity contribution in [1.82, 2.24) is 0 Å². The number of nitrogens with two attached hydrogens (primary N) is 1. The van der Waals surface area contributed by atoms with Gasteiger partial charge in [-0.2, -0.15) is 0 Å². The van der Waals surface area contributed by atoms with Crippen molar-refractivity contribution in [2.75, 3.05) is 13.1 Å². The molecule has 0 amide bonds. The fourth-order valence-corrected chi connectivity index (χ4v) is 3.45. The van der Waals surface area contributed by atoms with Gasteiger partial charge in [0.25, 0.3) is 0 Å². The van der Waals surface area contributed by atoms with E-state index in [1.807, 2.05) is 13.8 Å². The number of halogens is 3. The number of phenolic OH excluding ortho intramolecular Hbond substituents is 1. The third-order valence-corrected chi connectivity index (χ3v) is 5.20. The molecule has 0 aromatic heterocycles. The molecule has 0 spiro atoms. The van der Waals surface area contributed by atoms with E-state index in [9.17, 15) is 9.90 Å². The topological polar surface area (TPSA) is 63.1 Å². The van der Waals surface area contributed by atoms with E-state index in [0.29, 0.717) is 0 Å². The quantitative estimate of drug-likeness (QED) is 0.636. The van der Waals surface area contributed by atoms with Crippen molar-refractivity contribution in [3.05, 3.63) is 26.7 Å². The van der Waals surface area contributed by atoms with Crippen molar-refractivity contribution < 1.29 is 20.0 Å². The van der Waals surface area contributed by atoms with E-state index in [1.54, 1.807) is 0 Å². The fourth-order valence-electron chi connectivity index (χ4n) is 2.77. The molecule has 0 radical (unpaired) electrons. The average molecular weight is 368 g/mol. The maximum Gasteiger partial charge on any atom is 0.344 e. The van der Waals surface area contributed by atoms with Crippen molar-refractivity contribution in [2.24, 2.45) is 5.92 Å². The van der Waals surface area contributed by atoms with Gasteiger partial charge in [-0.3, -0.25) is 0 Å². The molecule has 7 heteroatoms. The van der Waals surface area contributed by atoms with Gasteiger partial charge in [0.2, 0.25) is 0 Å². The molecule has 3 N–H and O–H groups in total. The van der Waals surface area contributed by atoms with Crippen LogP contribution < -0.4 is 5.32 Å². The molecule has 1 aromatic rings. The van der Waals surface area contributed by atoms with E-state index in [4.69, 9.17) is 39.5 Å². The molecule has 1 fully saturated rings. The van der Waals surface area contributed by atoms with E-state index < -0.39 is 17.3 Å². The van der Waals surface area contributed by atoms with Crippen molar-refractivity contribution in [2.45, 2.75) is 32.3 Å². The molecule has 2 rings (SSSR count). The number of hydrogen-bond donors (Lipinski definition) is 2. The maximum atomic E-state index is 12.5. The minimum Gasteiger partial charge on any atom is -0.505 e. The normalized spacial score (nSPS) is 16.6. The number of piperidine rings is 1. The van der Waals surface area contributed by atoms with Gasteiger partial charge in [-0.1, -0.05) is 34.8 Å². The highest BCUT2D eigenvalue weighted by atomic mass is 35.5. The van der Waals surface area contributed by atoms with Gasteiger partial charge in [-0.25, -0.2) is 4.79 Å². The monoisotopic (exact) mass is 366 g/mol. The van der Waals surface area contributed by atoms with Crippen LogP contribution in [0, 0.1) is 5.92 Å². The summed E-state index contributed by atoms with van der Waals surface area (Å²) in [4.78, 5) is 12.5. The van der Waals surface area contributed by atoms with Gasteiger partial charge in [0.15, 0.2) is 0 Å². The molecule has 0 unspecified atom stereocenters. The Morgan fingerprint density at radius 1 is 1.27 bits per heavy atom. The summed E-state index contributed by atoms with van der Waals surface area (Å²) in [5.41, 5.74) is -0.842. The molecule has 22 heavy (non-hydrogen) atoms. The lowest BCUT2D eigenvalue weighted by Crippen LogP contribution is -2.86. The Labute approximate surface area is 144 Å². The lowest BCUT2D eigenvalue weighted by atomic mass is 9.83. The molecular weight excluding hydrogens is 349 g/mol. The lowest BCUT2D eigenvalue weighted by Gasteiger charge is -2.35. The van der Waals surface area contributed by atoms with Crippen molar-refractivity contribution >= 4 is 40.8 Å². The molecular formula is C15H19Cl3NO3+. The zero-order valence-corrected chi connectivity index (χ0v) is 14.7. The Balaban J connectivity index is 2.25. The standard InChI is InChI=1S/C15H18Cl3NO3/c1-15(2,8-3-5-19-6-4-8)22-14(21)11-12(18)9(16)7-10(17)13(11)20/h7-8,19-20H,3-6H2,1-2H3/p+1. The molecule has 122 valence electrons. The largest absolute Gasteiger partial charge is 0.505 e. The predicted octanol–water partition coefficient (Wildman–Crippen LogP) is 3.26. The number of quaternary nitrogens is 1. The Hall–Kier alpha value is -0.680. The van der Waals surface area contributed by atoms with Crippen molar-refractivity contribution in [3.63, 3.8) is 0 Å². The Morgan fingerprint density at radius 2 is 1.86 bits per heavy atom. The minimum absolute atomic E-state index is 0.0357. The first-order valence-corrected chi connectivity index (χ1v) is 8.29. The van der Waals surface area contributed by atoms with Crippen molar-refractivity contribution in [3.8, 4) is 5.75 Å². The number of phenols is 1. The first-order chi connectivity index (χ1) is 10.2. The van der Waals surface area contributed by atoms with Gasteiger partial charge in [0.1, 0.15) is 16.9 Å². The van der Waals surface area contributed by atoms with Crippen LogP contribution >= 0.6 is 34.8 Å². The fraction of sp³-hybridized carbons (Fsp3) is 0.533. The van der Waals surface area contributed by atoms with Crippen molar-refractivity contribution in [1.29, 1.82) is 0 Å². The third-order valence-electron chi connectivity index (χ3n) is 4.13. The summed E-state index contributed by atoms with van der Waals surface area (Å²) in [5, 5.41) is 12.3. The Morgan fingerprint density at radius 3 is 2.45 bits per heavy atom. The van der Waals surface area contributed by atoms with Crippen LogP contribution in [0.3, 0.4) is 0 Å². The third kappa shape index (κ3) is 3.62. The molecule has 1 aromatic carbocycles. The number of esters is 1. The van der Waals surface area contributed by atoms with Crippen LogP contribution in [0.1, 0.15) is 37.0 Å². The highest BCUT2D eigenvalue weighted by molar-refractivity contribution is 6.45. The number of benzene rings is 1. The number of hydrogen-bond acceptors (Lipinski definition) is 3. The summed E-state index contributed by atoms with van der Waals surface area (Å²) in [5.74, 6) is -0.864. The number of rotatable bonds is 3. The van der Waals surface area contributed by atoms with Crippen LogP contribution in [-0.2, 0) is 4.74 Å². The molecule has 1 heterocycles. The molecule has 1 aliphatic heterocycles. The molecule has 0 atom stereocenters. The van der Waals surface area contributed by atoms with Gasteiger partial charge < -0.3 is 15.2 Å². The van der Waals surface area contributed by atoms with Gasteiger partial charge in [0.05, 0.1) is 28.2 Å². The first-order valence-electron chi connectivity index (χ1n) is 7.15. The van der Waals surface area contributed by atoms with Crippen LogP contribution in [0.2, 0.25) is 15.1 Å². The highest BCUT2D eigenvalue weighted by Crippen LogP contribution is 2.40. The SMILES string of the molecule is CC(C)(OC(=O)c1c(O)c(Cl)cc(Cl)c1Cl)C1CC[NH2+]CC1. The van der Waals surface area contributed by atoms with Gasteiger partial charge in [-0.05, 0) is 19.9 Å². The van der Waals surface area contributed by atoms with E-state index >= 15 is 0 Å². The molecule has 1 aliphatic rings. The van der Waals surface area contributed by atoms with Crippen LogP contribution in [0.5, 0.6) is 5.75 Å². The van der Waals surface area contributed by atoms with Gasteiger partial charge >= 0.3 is 5.97 Å². The predicted molar refractivity (Wildman–Crippen MR) is 87.0 cm³/mol. The zero-order chi connectivity index (χ0) is 16.5. The second kappa shape index (κ2) is 6.83. The highest BCUT2D eigenvalue weighted by Gasteiger charge is 2.37. The summed E-state index contributed by atoms with van der Waals surface area (Å²) < 4.78 is 5.62. The van der Waals surface area contributed by atoms with Gasteiger partial charge in [0, 0.05) is 18.8 Å². The number of carbonyl (C=O) groups excluding carboxylic acids is 1. The second-order valence-electron chi connectivity index (χ2n) is 6.01. The van der Waals surface area contributed by atoms with Gasteiger partial charge in [-0.15, -0.1) is 0 Å². The van der Waals surface area contributed by atoms with Crippen LogP contribution in [-0.4, -0.2) is 29.8 Å². The molecule has 0 aliphatic carbocycles. The van der Waals surface area contributed by atoms with Crippen LogP contribution in [0.15, 0.2) is 6.07 Å². The number of carbonyl (C=O) groups is 1. The molecule has 4 nitrogen and oxygen atoms in total. The molecule has 0 bridgehead atoms. The summed E-state index contributed by atoms with van der Waals surface area (Å²) in [6, 6.07) is 1.29. The zero-order valence-electron chi connectivity index (χ0n) is 12.5. The van der Waals surface area contributed by atoms with E-state index in [0.717, 1.165) is 25.9 Å². The number of aromatic hydroxyl groups is 1. The van der Waals surface area contributed by atoms with Crippen LogP contribution in [0.25, 0.3) is 0 Å². The Kier molecular flexibility index (Phi) is 5.49. The summed E-state index contributed by atoms with van der Waals surface area (Å²) in [6.45, 7) is 5.78. The van der Waals surface area contributed by atoms with E-state index in [1.165, 1.54) is 6.07 Å². The summed E-state index contributed by atoms with van der Waals surface area (Å²) in [6.07, 6.45) is 1.94. The molecule has 1 saturated heterocycles. The first kappa shape index (κ1) is 17.7. The number of ether oxygens (including phenoxy) is 1.